The lowest BCUT2D eigenvalue weighted by Gasteiger charge is -2.24. The number of hydrogen-bond acceptors (Lipinski definition) is 2. The summed E-state index contributed by atoms with van der Waals surface area (Å²) in [6, 6.07) is 8.31. The van der Waals surface area contributed by atoms with Gasteiger partial charge in [-0.1, -0.05) is 37.5 Å². The topological polar surface area (TPSA) is 32.3 Å². The summed E-state index contributed by atoms with van der Waals surface area (Å²) < 4.78 is 0. The first-order valence-corrected chi connectivity index (χ1v) is 7.70. The number of amides is 1. The predicted octanol–water partition coefficient (Wildman–Crippen LogP) is 3.66. The number of benzene rings is 1. The van der Waals surface area contributed by atoms with Crippen LogP contribution in [0.4, 0.5) is 5.69 Å². The minimum atomic E-state index is 0.104. The molecule has 0 unspecified atom stereocenters. The molecule has 20 heavy (non-hydrogen) atoms. The van der Waals surface area contributed by atoms with E-state index in [0.29, 0.717) is 6.54 Å². The van der Waals surface area contributed by atoms with Gasteiger partial charge in [-0.15, -0.1) is 0 Å². The summed E-state index contributed by atoms with van der Waals surface area (Å²) in [5.74, 6) is 0.912. The maximum Gasteiger partial charge on any atom is 0.219 e. The molecule has 0 heterocycles. The molecule has 0 atom stereocenters. The maximum atomic E-state index is 11.4. The number of hydrogen-bond donors (Lipinski definition) is 1. The van der Waals surface area contributed by atoms with Crippen LogP contribution in [0.1, 0.15) is 44.6 Å². The molecule has 0 aromatic heterocycles. The van der Waals surface area contributed by atoms with Gasteiger partial charge in [0.15, 0.2) is 0 Å². The first-order chi connectivity index (χ1) is 9.66. The number of para-hydroxylation sites is 1. The van der Waals surface area contributed by atoms with Crippen LogP contribution in [0.5, 0.6) is 0 Å². The molecule has 0 radical (unpaired) electrons. The fraction of sp³-hybridized carbons (Fsp3) is 0.588. The number of carbonyl (C=O) groups excluding carboxylic acids is 1. The number of nitrogens with zero attached hydrogens (tertiary/aromatic N) is 1. The van der Waals surface area contributed by atoms with Crippen molar-refractivity contribution in [1.82, 2.24) is 4.90 Å². The van der Waals surface area contributed by atoms with Gasteiger partial charge in [0.05, 0.1) is 0 Å². The monoisotopic (exact) mass is 274 g/mol. The van der Waals surface area contributed by atoms with Crippen LogP contribution >= 0.6 is 0 Å². The highest BCUT2D eigenvalue weighted by atomic mass is 16.2. The van der Waals surface area contributed by atoms with Crippen molar-refractivity contribution in [1.29, 1.82) is 0 Å². The smallest absolute Gasteiger partial charge is 0.219 e. The van der Waals surface area contributed by atoms with Crippen LogP contribution in [0.2, 0.25) is 0 Å². The third-order valence-corrected chi connectivity index (χ3v) is 4.27. The van der Waals surface area contributed by atoms with Crippen LogP contribution in [0.25, 0.3) is 0 Å². The van der Waals surface area contributed by atoms with Gasteiger partial charge >= 0.3 is 0 Å². The highest BCUT2D eigenvalue weighted by Gasteiger charge is 2.14. The zero-order chi connectivity index (χ0) is 14.4. The SMILES string of the molecule is CC(=O)N(C)Cc1ccccc1NCC1CCCCC1. The zero-order valence-electron chi connectivity index (χ0n) is 12.7. The van der Waals surface area contributed by atoms with Gasteiger partial charge in [-0.3, -0.25) is 4.79 Å². The molecule has 1 fully saturated rings. The van der Waals surface area contributed by atoms with Crippen molar-refractivity contribution in [3.8, 4) is 0 Å². The predicted molar refractivity (Wildman–Crippen MR) is 83.7 cm³/mol. The minimum Gasteiger partial charge on any atom is -0.384 e. The molecule has 1 amide bonds. The van der Waals surface area contributed by atoms with Gasteiger partial charge in [-0.2, -0.15) is 0 Å². The lowest BCUT2D eigenvalue weighted by Crippen LogP contribution is -2.24. The van der Waals surface area contributed by atoms with E-state index in [4.69, 9.17) is 0 Å². The van der Waals surface area contributed by atoms with Crippen molar-refractivity contribution in [3.05, 3.63) is 29.8 Å². The Labute approximate surface area is 122 Å². The second kappa shape index (κ2) is 7.32. The highest BCUT2D eigenvalue weighted by molar-refractivity contribution is 5.73. The lowest BCUT2D eigenvalue weighted by atomic mass is 9.89. The van der Waals surface area contributed by atoms with Crippen molar-refractivity contribution in [2.24, 2.45) is 5.92 Å². The Hall–Kier alpha value is -1.51. The van der Waals surface area contributed by atoms with Gasteiger partial charge < -0.3 is 10.2 Å². The molecule has 3 heteroatoms. The van der Waals surface area contributed by atoms with Crippen LogP contribution < -0.4 is 5.32 Å². The number of carbonyl (C=O) groups is 1. The lowest BCUT2D eigenvalue weighted by molar-refractivity contribution is -0.128. The van der Waals surface area contributed by atoms with Gasteiger partial charge in [-0.25, -0.2) is 0 Å². The van der Waals surface area contributed by atoms with Crippen LogP contribution in [-0.4, -0.2) is 24.4 Å². The molecule has 0 spiro atoms. The molecule has 2 rings (SSSR count). The van der Waals surface area contributed by atoms with Crippen molar-refractivity contribution in [3.63, 3.8) is 0 Å². The molecule has 0 bridgehead atoms. The standard InChI is InChI=1S/C17H26N2O/c1-14(20)19(2)13-16-10-6-7-11-17(16)18-12-15-8-4-3-5-9-15/h6-7,10-11,15,18H,3-5,8-9,12-13H2,1-2H3. The second-order valence-corrected chi connectivity index (χ2v) is 5.92. The molecular formula is C17H26N2O. The van der Waals surface area contributed by atoms with Crippen molar-refractivity contribution in [2.75, 3.05) is 18.9 Å². The largest absolute Gasteiger partial charge is 0.384 e. The molecule has 1 saturated carbocycles. The van der Waals surface area contributed by atoms with E-state index in [-0.39, 0.29) is 5.91 Å². The van der Waals surface area contributed by atoms with Crippen LogP contribution in [-0.2, 0) is 11.3 Å². The molecule has 0 saturated heterocycles. The van der Waals surface area contributed by atoms with Crippen LogP contribution in [0.3, 0.4) is 0 Å². The van der Waals surface area contributed by atoms with Gasteiger partial charge in [0.2, 0.25) is 5.91 Å². The van der Waals surface area contributed by atoms with Crippen molar-refractivity contribution >= 4 is 11.6 Å². The van der Waals surface area contributed by atoms with E-state index in [1.165, 1.54) is 43.4 Å². The van der Waals surface area contributed by atoms with E-state index in [1.807, 2.05) is 13.1 Å². The summed E-state index contributed by atoms with van der Waals surface area (Å²) in [5, 5.41) is 3.59. The molecule has 1 aliphatic carbocycles. The summed E-state index contributed by atoms with van der Waals surface area (Å²) in [4.78, 5) is 13.1. The quantitative estimate of drug-likeness (QED) is 0.888. The van der Waals surface area contributed by atoms with Crippen LogP contribution in [0, 0.1) is 5.92 Å². The third-order valence-electron chi connectivity index (χ3n) is 4.27. The Morgan fingerprint density at radius 3 is 2.65 bits per heavy atom. The molecule has 1 aromatic rings. The summed E-state index contributed by atoms with van der Waals surface area (Å²) in [5.41, 5.74) is 2.37. The van der Waals surface area contributed by atoms with Crippen molar-refractivity contribution in [2.45, 2.75) is 45.6 Å². The Morgan fingerprint density at radius 1 is 1.25 bits per heavy atom. The second-order valence-electron chi connectivity index (χ2n) is 5.92. The van der Waals surface area contributed by atoms with Crippen LogP contribution in [0.15, 0.2) is 24.3 Å². The number of nitrogens with one attached hydrogen (secondary N) is 1. The Balaban J connectivity index is 1.94. The normalized spacial score (nSPS) is 15.9. The Morgan fingerprint density at radius 2 is 1.95 bits per heavy atom. The first-order valence-electron chi connectivity index (χ1n) is 7.70. The number of rotatable bonds is 5. The average Bonchev–Trinajstić information content (AvgIpc) is 2.47. The average molecular weight is 274 g/mol. The van der Waals surface area contributed by atoms with E-state index in [2.05, 4.69) is 23.5 Å². The van der Waals surface area contributed by atoms with E-state index in [9.17, 15) is 4.79 Å². The zero-order valence-corrected chi connectivity index (χ0v) is 12.7. The Bertz CT molecular complexity index is 438. The summed E-state index contributed by atoms with van der Waals surface area (Å²) in [7, 11) is 1.85. The van der Waals surface area contributed by atoms with Gasteiger partial charge in [0.25, 0.3) is 0 Å². The van der Waals surface area contributed by atoms with Gasteiger partial charge in [-0.05, 0) is 30.4 Å². The highest BCUT2D eigenvalue weighted by Crippen LogP contribution is 2.25. The van der Waals surface area contributed by atoms with Gasteiger partial charge in [0.1, 0.15) is 0 Å². The molecular weight excluding hydrogens is 248 g/mol. The van der Waals surface area contributed by atoms with E-state index in [0.717, 1.165) is 12.5 Å². The Kier molecular flexibility index (Phi) is 5.45. The molecule has 1 aliphatic rings. The summed E-state index contributed by atoms with van der Waals surface area (Å²) in [6.07, 6.45) is 6.85. The fourth-order valence-electron chi connectivity index (χ4n) is 2.84. The van der Waals surface area contributed by atoms with E-state index >= 15 is 0 Å². The van der Waals surface area contributed by atoms with E-state index < -0.39 is 0 Å². The minimum absolute atomic E-state index is 0.104. The molecule has 1 aromatic carbocycles. The molecule has 1 N–H and O–H groups in total. The summed E-state index contributed by atoms with van der Waals surface area (Å²) in [6.45, 7) is 3.34. The van der Waals surface area contributed by atoms with Crippen molar-refractivity contribution < 1.29 is 4.79 Å². The molecule has 3 nitrogen and oxygen atoms in total. The fourth-order valence-corrected chi connectivity index (χ4v) is 2.84. The number of anilines is 1. The van der Waals surface area contributed by atoms with Gasteiger partial charge in [0, 0.05) is 32.7 Å². The molecule has 0 aliphatic heterocycles. The third kappa shape index (κ3) is 4.26. The first kappa shape index (κ1) is 14.9. The van der Waals surface area contributed by atoms with E-state index in [1.54, 1.807) is 11.8 Å². The maximum absolute atomic E-state index is 11.4. The summed E-state index contributed by atoms with van der Waals surface area (Å²) >= 11 is 0. The molecule has 110 valence electrons.